The van der Waals surface area contributed by atoms with Crippen LogP contribution in [0.4, 0.5) is 0 Å². The quantitative estimate of drug-likeness (QED) is 0.107. The van der Waals surface area contributed by atoms with Gasteiger partial charge in [0.05, 0.1) is 0 Å². The Kier molecular flexibility index (Phi) is 18.7. The van der Waals surface area contributed by atoms with Gasteiger partial charge >= 0.3 is 0 Å². The maximum atomic E-state index is 6.92. The third-order valence-electron chi connectivity index (χ3n) is 28.5. The summed E-state index contributed by atoms with van der Waals surface area (Å²) in [6.07, 6.45) is 0. The van der Waals surface area contributed by atoms with Gasteiger partial charge in [-0.15, -0.1) is 0 Å². The van der Waals surface area contributed by atoms with Gasteiger partial charge < -0.3 is 13.3 Å². The van der Waals surface area contributed by atoms with Crippen molar-refractivity contribution < 1.29 is 13.3 Å². The molecule has 0 atom stereocenters. The van der Waals surface area contributed by atoms with Gasteiger partial charge in [-0.25, -0.2) is 0 Å². The molecule has 0 aliphatic carbocycles. The van der Waals surface area contributed by atoms with Crippen LogP contribution in [0.1, 0.15) is 0 Å². The highest BCUT2D eigenvalue weighted by Crippen LogP contribution is 2.55. The number of fused-ring (bicyclic) bond motifs is 21. The number of hydrogen-bond donors (Lipinski definition) is 0. The number of para-hydroxylation sites is 3. The largest absolute Gasteiger partial charge is 0.456 e. The normalized spacial score (nSPS) is 11.8. The summed E-state index contributed by atoms with van der Waals surface area (Å²) < 4.78 is 20.1. The molecule has 0 bridgehead atoms. The van der Waals surface area contributed by atoms with Gasteiger partial charge in [0.1, 0.15) is 33.5 Å². The summed E-state index contributed by atoms with van der Waals surface area (Å²) in [5, 5.41) is 34.2. The van der Waals surface area contributed by atoms with Gasteiger partial charge in [0, 0.05) is 43.4 Å². The van der Waals surface area contributed by atoms with Crippen LogP contribution in [-0.4, -0.2) is 0 Å². The molecule has 26 aromatic carbocycles. The van der Waals surface area contributed by atoms with Crippen LogP contribution >= 0.6 is 0 Å². The Morgan fingerprint density at radius 3 is 0.803 bits per heavy atom. The molecule has 29 rings (SSSR count). The van der Waals surface area contributed by atoms with Gasteiger partial charge in [-0.3, -0.25) is 0 Å². The summed E-state index contributed by atoms with van der Waals surface area (Å²) in [5.74, 6) is 0. The Hall–Kier alpha value is -18.0. The van der Waals surface area contributed by atoms with E-state index in [0.29, 0.717) is 0 Å². The first kappa shape index (κ1) is 78.8. The minimum atomic E-state index is 0.896. The molecule has 29 aromatic rings. The Labute approximate surface area is 789 Å². The molecule has 137 heavy (non-hydrogen) atoms. The van der Waals surface area contributed by atoms with Gasteiger partial charge in [0.15, 0.2) is 0 Å². The molecule has 0 saturated carbocycles. The molecule has 3 heteroatoms. The molecule has 0 spiro atoms. The lowest BCUT2D eigenvalue weighted by atomic mass is 9.83. The molecule has 0 N–H and O–H groups in total. The van der Waals surface area contributed by atoms with Gasteiger partial charge in [0.2, 0.25) is 0 Å². The molecular weight excluding hydrogens is 1660 g/mol. The monoisotopic (exact) mass is 1740 g/mol. The number of rotatable bonds is 9. The highest BCUT2D eigenvalue weighted by Gasteiger charge is 2.28. The Bertz CT molecular complexity index is 9830. The zero-order chi connectivity index (χ0) is 90.1. The molecule has 0 aliphatic heterocycles. The highest BCUT2D eigenvalue weighted by molar-refractivity contribution is 6.32. The fourth-order valence-corrected chi connectivity index (χ4v) is 22.5. The van der Waals surface area contributed by atoms with Crippen molar-refractivity contribution in [3.8, 4) is 100 Å². The van der Waals surface area contributed by atoms with E-state index in [9.17, 15) is 0 Å². The van der Waals surface area contributed by atoms with Crippen LogP contribution < -0.4 is 0 Å². The average molecular weight is 1740 g/mol. The standard InChI is InChI=1S/C50H30O.2C42H26O/c1-2-14-32-29-34(26-25-31(32)13-1)47-38-19-7-9-21-40(38)48(41-22-10-8-20-39(41)47)44-28-27-42(50-49(44)43-23-11-12-24-46(43)51-50)45-30-33-15-3-4-16-35(33)36-17-5-6-18-37(36)45;1-2-13-28(14-3-1)31-24-25-37(41-36-20-10-11-21-38(36)43-42(31)41)40-34-18-8-6-16-32(34)39(33-17-7-9-19-35(33)40)30-23-22-27-12-4-5-15-29(27)26-30;1-2-12-27(13-3-1)31-25-37(42-36-20-10-11-21-38(36)43-39(42)26-31)41-34-18-8-6-16-32(34)40(33-17-7-9-19-35(33)41)30-23-22-28-14-4-5-15-29(28)24-30/h1-30H;2*1-26H. The molecule has 0 unspecified atom stereocenters. The van der Waals surface area contributed by atoms with Crippen molar-refractivity contribution in [2.75, 3.05) is 0 Å². The van der Waals surface area contributed by atoms with E-state index >= 15 is 0 Å². The lowest BCUT2D eigenvalue weighted by molar-refractivity contribution is 0.669. The van der Waals surface area contributed by atoms with Crippen molar-refractivity contribution in [3.05, 3.63) is 497 Å². The molecule has 0 saturated heterocycles. The van der Waals surface area contributed by atoms with Crippen molar-refractivity contribution in [1.82, 2.24) is 0 Å². The summed E-state index contributed by atoms with van der Waals surface area (Å²) in [4.78, 5) is 0. The molecule has 0 aliphatic rings. The van der Waals surface area contributed by atoms with E-state index in [-0.39, 0.29) is 0 Å². The van der Waals surface area contributed by atoms with Crippen LogP contribution in [0, 0.1) is 0 Å². The summed E-state index contributed by atoms with van der Waals surface area (Å²) in [5.41, 5.74) is 27.1. The van der Waals surface area contributed by atoms with Crippen LogP contribution in [0.5, 0.6) is 0 Å². The van der Waals surface area contributed by atoms with E-state index in [1.54, 1.807) is 0 Å². The summed E-state index contributed by atoms with van der Waals surface area (Å²) >= 11 is 0. The molecule has 0 fully saturated rings. The topological polar surface area (TPSA) is 39.4 Å². The molecule has 3 aromatic heterocycles. The van der Waals surface area contributed by atoms with E-state index in [4.69, 9.17) is 13.3 Å². The summed E-state index contributed by atoms with van der Waals surface area (Å²) in [7, 11) is 0. The van der Waals surface area contributed by atoms with Gasteiger partial charge in [0.25, 0.3) is 0 Å². The molecule has 0 amide bonds. The van der Waals surface area contributed by atoms with E-state index in [0.717, 1.165) is 88.1 Å². The minimum Gasteiger partial charge on any atom is -0.456 e. The Morgan fingerprint density at radius 1 is 0.109 bits per heavy atom. The summed E-state index contributed by atoms with van der Waals surface area (Å²) in [6, 6.07) is 180. The first-order valence-electron chi connectivity index (χ1n) is 47.1. The first-order chi connectivity index (χ1) is 68.0. The van der Waals surface area contributed by atoms with Crippen LogP contribution in [0.15, 0.2) is 511 Å². The number of benzene rings is 26. The average Bonchev–Trinajstić information content (AvgIpc) is 1.70. The van der Waals surface area contributed by atoms with Crippen molar-refractivity contribution >= 4 is 184 Å². The Balaban J connectivity index is 0.000000104. The minimum absolute atomic E-state index is 0.896. The Morgan fingerprint density at radius 2 is 0.394 bits per heavy atom. The highest BCUT2D eigenvalue weighted by atomic mass is 16.3. The predicted molar refractivity (Wildman–Crippen MR) is 583 cm³/mol. The second kappa shape index (κ2) is 32.5. The maximum Gasteiger partial charge on any atom is 0.143 e. The van der Waals surface area contributed by atoms with Crippen LogP contribution in [0.2, 0.25) is 0 Å². The van der Waals surface area contributed by atoms with Crippen molar-refractivity contribution in [2.45, 2.75) is 0 Å². The van der Waals surface area contributed by atoms with Crippen LogP contribution in [-0.2, 0) is 0 Å². The van der Waals surface area contributed by atoms with E-state index in [1.165, 1.54) is 196 Å². The third-order valence-corrected chi connectivity index (χ3v) is 28.5. The van der Waals surface area contributed by atoms with E-state index < -0.39 is 0 Å². The van der Waals surface area contributed by atoms with E-state index in [2.05, 4.69) is 491 Å². The number of hydrogen-bond acceptors (Lipinski definition) is 3. The zero-order valence-corrected chi connectivity index (χ0v) is 74.6. The lowest BCUT2D eigenvalue weighted by Gasteiger charge is -2.19. The lowest BCUT2D eigenvalue weighted by Crippen LogP contribution is -1.92. The van der Waals surface area contributed by atoms with E-state index in [1.807, 2.05) is 6.07 Å². The van der Waals surface area contributed by atoms with Crippen molar-refractivity contribution in [2.24, 2.45) is 0 Å². The fraction of sp³-hybridized carbons (Fsp3) is 0. The SMILES string of the molecule is c1ccc(-c2cc(-c3c4ccccc4c(-c4ccc5ccccc5c4)c4ccccc34)c3c(c2)oc2ccccc23)cc1.c1ccc(-c2ccc(-c3c4ccccc4c(-c4ccc5ccccc5c4)c4ccccc34)c3c2oc2ccccc23)cc1.c1ccc2cc(-c3c4ccccc4c(-c4ccc(-c5cc6ccccc6c6ccccc56)c5oc6ccccc6c45)c4ccccc34)ccc2c1. The van der Waals surface area contributed by atoms with Crippen molar-refractivity contribution in [3.63, 3.8) is 0 Å². The molecular formula is C134H82O3. The molecule has 0 radical (unpaired) electrons. The second-order valence-electron chi connectivity index (χ2n) is 36.1. The smallest absolute Gasteiger partial charge is 0.143 e. The number of furan rings is 3. The van der Waals surface area contributed by atoms with Gasteiger partial charge in [-0.1, -0.05) is 431 Å². The fourth-order valence-electron chi connectivity index (χ4n) is 22.5. The summed E-state index contributed by atoms with van der Waals surface area (Å²) in [6.45, 7) is 0. The predicted octanol–water partition coefficient (Wildman–Crippen LogP) is 38.4. The first-order valence-corrected chi connectivity index (χ1v) is 47.1. The van der Waals surface area contributed by atoms with Crippen LogP contribution in [0.25, 0.3) is 284 Å². The second-order valence-corrected chi connectivity index (χ2v) is 36.1. The molecule has 3 nitrogen and oxygen atoms in total. The molecule has 636 valence electrons. The van der Waals surface area contributed by atoms with Gasteiger partial charge in [-0.2, -0.15) is 0 Å². The van der Waals surface area contributed by atoms with Crippen LogP contribution in [0.3, 0.4) is 0 Å². The third kappa shape index (κ3) is 13.0. The maximum absolute atomic E-state index is 6.92. The zero-order valence-electron chi connectivity index (χ0n) is 74.6. The van der Waals surface area contributed by atoms with Crippen molar-refractivity contribution in [1.29, 1.82) is 0 Å². The van der Waals surface area contributed by atoms with Gasteiger partial charge in [-0.05, 0) is 274 Å². The molecule has 3 heterocycles.